The molecule has 3 nitrogen and oxygen atoms in total. The van der Waals surface area contributed by atoms with Crippen LogP contribution in [-0.4, -0.2) is 24.1 Å². The molecule has 0 unspecified atom stereocenters. The van der Waals surface area contributed by atoms with Gasteiger partial charge in [0.1, 0.15) is 0 Å². The lowest BCUT2D eigenvalue weighted by Gasteiger charge is -2.25. The van der Waals surface area contributed by atoms with Crippen molar-refractivity contribution < 1.29 is 4.79 Å². The minimum Gasteiger partial charge on any atom is -0.298 e. The summed E-state index contributed by atoms with van der Waals surface area (Å²) in [5.41, 5.74) is 0. The molecule has 0 aliphatic carbocycles. The zero-order chi connectivity index (χ0) is 11.9. The van der Waals surface area contributed by atoms with Gasteiger partial charge in [-0.3, -0.25) is 4.90 Å². The van der Waals surface area contributed by atoms with Crippen LogP contribution in [0.1, 0.15) is 29.0 Å². The average Bonchev–Trinajstić information content (AvgIpc) is 2.79. The predicted molar refractivity (Wildman–Crippen MR) is 70.6 cm³/mol. The molecule has 1 aromatic rings. The lowest BCUT2D eigenvalue weighted by atomic mass is 10.1. The van der Waals surface area contributed by atoms with Gasteiger partial charge in [0.15, 0.2) is 0 Å². The van der Waals surface area contributed by atoms with E-state index in [4.69, 9.17) is 0 Å². The maximum atomic E-state index is 9.92. The summed E-state index contributed by atoms with van der Waals surface area (Å²) in [5, 5.41) is 0. The number of nitrogens with zero attached hydrogens (tertiary/aromatic N) is 2. The Kier molecular flexibility index (Phi) is 4.68. The van der Waals surface area contributed by atoms with Crippen LogP contribution in [0.15, 0.2) is 23.3 Å². The molecule has 0 N–H and O–H groups in total. The van der Waals surface area contributed by atoms with Gasteiger partial charge < -0.3 is 0 Å². The van der Waals surface area contributed by atoms with E-state index in [1.165, 1.54) is 49.5 Å². The van der Waals surface area contributed by atoms with Gasteiger partial charge in [-0.1, -0.05) is 6.42 Å². The van der Waals surface area contributed by atoms with Crippen molar-refractivity contribution in [2.24, 2.45) is 4.99 Å². The van der Waals surface area contributed by atoms with E-state index >= 15 is 0 Å². The summed E-state index contributed by atoms with van der Waals surface area (Å²) >= 11 is 1.76. The third kappa shape index (κ3) is 3.93. The maximum Gasteiger partial charge on any atom is 0.239 e. The number of rotatable bonds is 4. The zero-order valence-corrected chi connectivity index (χ0v) is 10.6. The number of thiophene rings is 1. The summed E-state index contributed by atoms with van der Waals surface area (Å²) < 4.78 is 0. The van der Waals surface area contributed by atoms with Gasteiger partial charge in [0.2, 0.25) is 6.08 Å². The lowest BCUT2D eigenvalue weighted by molar-refractivity contribution is 0.222. The third-order valence-corrected chi connectivity index (χ3v) is 3.91. The van der Waals surface area contributed by atoms with Gasteiger partial charge in [0, 0.05) is 22.5 Å². The molecule has 0 spiro atoms. The van der Waals surface area contributed by atoms with Crippen molar-refractivity contribution in [3.63, 3.8) is 0 Å². The highest BCUT2D eigenvalue weighted by molar-refractivity contribution is 7.12. The molecule has 0 saturated carbocycles. The molecule has 2 rings (SSSR count). The predicted octanol–water partition coefficient (Wildman–Crippen LogP) is 3.04. The van der Waals surface area contributed by atoms with E-state index in [0.29, 0.717) is 0 Å². The molecule has 1 saturated heterocycles. The van der Waals surface area contributed by atoms with Gasteiger partial charge in [0.05, 0.1) is 0 Å². The van der Waals surface area contributed by atoms with E-state index in [1.807, 2.05) is 6.08 Å². The van der Waals surface area contributed by atoms with E-state index in [1.54, 1.807) is 11.3 Å². The number of piperidine rings is 1. The minimum absolute atomic E-state index is 1.05. The second-order valence-electron chi connectivity index (χ2n) is 4.18. The summed E-state index contributed by atoms with van der Waals surface area (Å²) in [5.74, 6) is 0. The van der Waals surface area contributed by atoms with Crippen molar-refractivity contribution in [1.29, 1.82) is 0 Å². The molecule has 90 valence electrons. The van der Waals surface area contributed by atoms with Crippen LogP contribution in [0, 0.1) is 0 Å². The van der Waals surface area contributed by atoms with Crippen molar-refractivity contribution in [1.82, 2.24) is 4.90 Å². The van der Waals surface area contributed by atoms with Gasteiger partial charge in [-0.2, -0.15) is 4.99 Å². The normalized spacial score (nSPS) is 17.2. The lowest BCUT2D eigenvalue weighted by Crippen LogP contribution is -2.28. The highest BCUT2D eigenvalue weighted by Gasteiger charge is 2.10. The van der Waals surface area contributed by atoms with E-state index in [2.05, 4.69) is 22.0 Å². The van der Waals surface area contributed by atoms with Crippen molar-refractivity contribution in [2.75, 3.05) is 13.1 Å². The molecule has 1 aromatic heterocycles. The second-order valence-corrected chi connectivity index (χ2v) is 5.38. The first-order valence-electron chi connectivity index (χ1n) is 5.93. The number of aliphatic imine (C=N–C) groups is 1. The van der Waals surface area contributed by atoms with Crippen LogP contribution < -0.4 is 0 Å². The number of likely N-dealkylation sites (tertiary alicyclic amines) is 1. The number of isocyanates is 1. The Bertz CT molecular complexity index is 426. The molecule has 0 bridgehead atoms. The van der Waals surface area contributed by atoms with Crippen molar-refractivity contribution in [3.8, 4) is 0 Å². The standard InChI is InChI=1S/C13H16N2OS/c16-11-14-7-6-12-4-5-13(17-12)10-15-8-2-1-3-9-15/h4-7H,1-3,8-10H2. The highest BCUT2D eigenvalue weighted by atomic mass is 32.1. The fourth-order valence-corrected chi connectivity index (χ4v) is 3.00. The molecule has 0 atom stereocenters. The van der Waals surface area contributed by atoms with Crippen molar-refractivity contribution in [2.45, 2.75) is 25.8 Å². The first kappa shape index (κ1) is 12.2. The Morgan fingerprint density at radius 1 is 1.35 bits per heavy atom. The maximum absolute atomic E-state index is 9.92. The van der Waals surface area contributed by atoms with Gasteiger partial charge in [-0.15, -0.1) is 11.3 Å². The van der Waals surface area contributed by atoms with Gasteiger partial charge in [-0.25, -0.2) is 4.79 Å². The fourth-order valence-electron chi connectivity index (χ4n) is 2.05. The van der Waals surface area contributed by atoms with Crippen LogP contribution in [0.2, 0.25) is 0 Å². The molecule has 2 heterocycles. The Morgan fingerprint density at radius 2 is 2.18 bits per heavy atom. The first-order chi connectivity index (χ1) is 8.38. The van der Waals surface area contributed by atoms with Crippen LogP contribution >= 0.6 is 11.3 Å². The van der Waals surface area contributed by atoms with E-state index in [9.17, 15) is 4.79 Å². The van der Waals surface area contributed by atoms with Gasteiger partial charge in [-0.05, 0) is 44.1 Å². The molecular formula is C13H16N2OS. The van der Waals surface area contributed by atoms with Gasteiger partial charge in [0.25, 0.3) is 0 Å². The van der Waals surface area contributed by atoms with E-state index < -0.39 is 0 Å². The first-order valence-corrected chi connectivity index (χ1v) is 6.75. The monoisotopic (exact) mass is 248 g/mol. The number of hydrogen-bond acceptors (Lipinski definition) is 4. The summed E-state index contributed by atoms with van der Waals surface area (Å²) in [6.45, 7) is 3.49. The van der Waals surface area contributed by atoms with E-state index in [0.717, 1.165) is 11.4 Å². The minimum atomic E-state index is 1.05. The van der Waals surface area contributed by atoms with Crippen LogP contribution in [0.25, 0.3) is 6.08 Å². The Labute approximate surface area is 105 Å². The molecule has 4 heteroatoms. The van der Waals surface area contributed by atoms with Crippen molar-refractivity contribution >= 4 is 23.5 Å². The largest absolute Gasteiger partial charge is 0.298 e. The average molecular weight is 248 g/mol. The summed E-state index contributed by atoms with van der Waals surface area (Å²) in [6, 6.07) is 4.23. The number of hydrogen-bond donors (Lipinski definition) is 0. The third-order valence-electron chi connectivity index (χ3n) is 2.88. The Morgan fingerprint density at radius 3 is 2.94 bits per heavy atom. The van der Waals surface area contributed by atoms with Gasteiger partial charge >= 0.3 is 0 Å². The number of carbonyl (C=O) groups excluding carboxylic acids is 1. The SMILES string of the molecule is O=C=NC=Cc1ccc(CN2CCCCC2)s1. The Balaban J connectivity index is 1.90. The fraction of sp³-hybridized carbons (Fsp3) is 0.462. The topological polar surface area (TPSA) is 32.7 Å². The molecule has 17 heavy (non-hydrogen) atoms. The zero-order valence-electron chi connectivity index (χ0n) is 9.76. The van der Waals surface area contributed by atoms with Crippen molar-refractivity contribution in [3.05, 3.63) is 28.1 Å². The highest BCUT2D eigenvalue weighted by Crippen LogP contribution is 2.21. The van der Waals surface area contributed by atoms with Crippen LogP contribution in [-0.2, 0) is 11.3 Å². The molecule has 1 aliphatic heterocycles. The molecule has 1 aliphatic rings. The van der Waals surface area contributed by atoms with Crippen LogP contribution in [0.3, 0.4) is 0 Å². The Hall–Kier alpha value is -1.22. The van der Waals surface area contributed by atoms with E-state index in [-0.39, 0.29) is 0 Å². The quantitative estimate of drug-likeness (QED) is 0.606. The molecule has 1 fully saturated rings. The summed E-state index contributed by atoms with van der Waals surface area (Å²) in [6.07, 6.45) is 8.85. The summed E-state index contributed by atoms with van der Waals surface area (Å²) in [4.78, 5) is 18.3. The van der Waals surface area contributed by atoms with Crippen LogP contribution in [0.4, 0.5) is 0 Å². The smallest absolute Gasteiger partial charge is 0.239 e. The molecule has 0 aromatic carbocycles. The molecule has 0 amide bonds. The van der Waals surface area contributed by atoms with Crippen LogP contribution in [0.5, 0.6) is 0 Å². The second kappa shape index (κ2) is 6.50. The molecule has 0 radical (unpaired) electrons. The molecular weight excluding hydrogens is 232 g/mol. The summed E-state index contributed by atoms with van der Waals surface area (Å²) in [7, 11) is 0.